The highest BCUT2D eigenvalue weighted by Crippen LogP contribution is 2.32. The molecule has 118 valence electrons. The number of carbonyl (C=O) groups is 2. The van der Waals surface area contributed by atoms with Crippen LogP contribution in [0.5, 0.6) is 0 Å². The molecule has 11 nitrogen and oxygen atoms in total. The quantitative estimate of drug-likeness (QED) is 0.319. The summed E-state index contributed by atoms with van der Waals surface area (Å²) in [6.45, 7) is 1.13. The normalized spacial score (nSPS) is 9.86. The number of nitrogens with one attached hydrogen (secondary N) is 1. The van der Waals surface area contributed by atoms with Crippen LogP contribution in [0.4, 0.5) is 17.1 Å². The number of nitrogens with two attached hydrogens (primary N) is 1. The van der Waals surface area contributed by atoms with E-state index < -0.39 is 38.7 Å². The highest BCUT2D eigenvalue weighted by atomic mass is 16.6. The van der Waals surface area contributed by atoms with Crippen molar-refractivity contribution in [2.45, 2.75) is 6.92 Å². The van der Waals surface area contributed by atoms with E-state index in [2.05, 4.69) is 10.1 Å². The minimum absolute atomic E-state index is 0.0104. The first-order valence-corrected chi connectivity index (χ1v) is 5.88. The maximum atomic E-state index is 11.2. The van der Waals surface area contributed by atoms with E-state index in [1.54, 1.807) is 0 Å². The van der Waals surface area contributed by atoms with Gasteiger partial charge in [-0.15, -0.1) is 0 Å². The van der Waals surface area contributed by atoms with Gasteiger partial charge in [0.05, 0.1) is 15.9 Å². The van der Waals surface area contributed by atoms with E-state index in [-0.39, 0.29) is 18.8 Å². The predicted octanol–water partition coefficient (Wildman–Crippen LogP) is 0.577. The molecule has 0 aromatic heterocycles. The largest absolute Gasteiger partial charge is 0.464 e. The number of nitro groups is 2. The van der Waals surface area contributed by atoms with Gasteiger partial charge in [-0.25, -0.2) is 0 Å². The van der Waals surface area contributed by atoms with E-state index >= 15 is 0 Å². The van der Waals surface area contributed by atoms with Crippen LogP contribution in [-0.4, -0.2) is 34.9 Å². The number of hydrogen-bond donors (Lipinski definition) is 2. The second kappa shape index (κ2) is 6.97. The van der Waals surface area contributed by atoms with Crippen molar-refractivity contribution in [2.24, 2.45) is 5.73 Å². The molecule has 11 heteroatoms. The summed E-state index contributed by atoms with van der Waals surface area (Å²) in [6, 6.07) is 1.57. The van der Waals surface area contributed by atoms with E-state index in [1.807, 2.05) is 0 Å². The lowest BCUT2D eigenvalue weighted by Gasteiger charge is -2.09. The molecular weight excluding hydrogens is 300 g/mol. The van der Waals surface area contributed by atoms with Gasteiger partial charge in [0.1, 0.15) is 17.9 Å². The van der Waals surface area contributed by atoms with Gasteiger partial charge in [0, 0.05) is 13.5 Å². The number of benzene rings is 1. The Morgan fingerprint density at radius 1 is 1.23 bits per heavy atom. The Bertz CT molecular complexity index is 644. The lowest BCUT2D eigenvalue weighted by Crippen LogP contribution is -2.16. The number of amides is 1. The summed E-state index contributed by atoms with van der Waals surface area (Å²) in [4.78, 5) is 41.9. The molecular formula is C11H12N4O7. The Morgan fingerprint density at radius 2 is 1.82 bits per heavy atom. The lowest BCUT2D eigenvalue weighted by molar-refractivity contribution is -0.393. The SMILES string of the molecule is CC(=O)OCCNc1cc(C(N)=O)c([N+](=O)[O-])cc1[N+](=O)[O-]. The van der Waals surface area contributed by atoms with E-state index in [0.717, 1.165) is 6.07 Å². The zero-order chi connectivity index (χ0) is 16.9. The molecule has 0 radical (unpaired) electrons. The van der Waals surface area contributed by atoms with Crippen molar-refractivity contribution in [3.8, 4) is 0 Å². The summed E-state index contributed by atoms with van der Waals surface area (Å²) in [5, 5.41) is 24.4. The molecule has 0 fully saturated rings. The molecule has 1 aromatic carbocycles. The minimum Gasteiger partial charge on any atom is -0.464 e. The summed E-state index contributed by atoms with van der Waals surface area (Å²) in [5.74, 6) is -1.62. The highest BCUT2D eigenvalue weighted by Gasteiger charge is 2.26. The second-order valence-electron chi connectivity index (χ2n) is 4.03. The third-order valence-corrected chi connectivity index (χ3v) is 2.50. The van der Waals surface area contributed by atoms with Crippen LogP contribution in [-0.2, 0) is 9.53 Å². The van der Waals surface area contributed by atoms with Crippen molar-refractivity contribution in [1.82, 2.24) is 0 Å². The zero-order valence-corrected chi connectivity index (χ0v) is 11.4. The fourth-order valence-corrected chi connectivity index (χ4v) is 1.60. The molecule has 0 saturated heterocycles. The van der Waals surface area contributed by atoms with Crippen LogP contribution in [0.25, 0.3) is 0 Å². The Balaban J connectivity index is 3.16. The van der Waals surface area contributed by atoms with Crippen LogP contribution in [0.3, 0.4) is 0 Å². The summed E-state index contributed by atoms with van der Waals surface area (Å²) >= 11 is 0. The van der Waals surface area contributed by atoms with Crippen LogP contribution in [0, 0.1) is 20.2 Å². The van der Waals surface area contributed by atoms with E-state index in [4.69, 9.17) is 5.73 Å². The minimum atomic E-state index is -1.09. The van der Waals surface area contributed by atoms with Gasteiger partial charge in [-0.1, -0.05) is 0 Å². The number of hydrogen-bond acceptors (Lipinski definition) is 8. The average molecular weight is 312 g/mol. The van der Waals surface area contributed by atoms with Crippen LogP contribution < -0.4 is 11.1 Å². The number of nitrogens with zero attached hydrogens (tertiary/aromatic N) is 2. The van der Waals surface area contributed by atoms with Crippen molar-refractivity contribution >= 4 is 28.9 Å². The van der Waals surface area contributed by atoms with Crippen molar-refractivity contribution in [1.29, 1.82) is 0 Å². The molecule has 0 heterocycles. The summed E-state index contributed by atoms with van der Waals surface area (Å²) in [6.07, 6.45) is 0. The molecule has 0 aliphatic heterocycles. The predicted molar refractivity (Wildman–Crippen MR) is 73.4 cm³/mol. The maximum Gasteiger partial charge on any atom is 0.302 e. The molecule has 22 heavy (non-hydrogen) atoms. The second-order valence-corrected chi connectivity index (χ2v) is 4.03. The van der Waals surface area contributed by atoms with Gasteiger partial charge >= 0.3 is 5.97 Å². The third kappa shape index (κ3) is 4.13. The monoisotopic (exact) mass is 312 g/mol. The van der Waals surface area contributed by atoms with Crippen molar-refractivity contribution in [2.75, 3.05) is 18.5 Å². The first-order valence-electron chi connectivity index (χ1n) is 5.88. The lowest BCUT2D eigenvalue weighted by atomic mass is 10.1. The van der Waals surface area contributed by atoms with Crippen LogP contribution in [0.2, 0.25) is 0 Å². The molecule has 1 aromatic rings. The first-order chi connectivity index (χ1) is 10.2. The molecule has 0 aliphatic carbocycles. The van der Waals surface area contributed by atoms with Crippen molar-refractivity contribution in [3.63, 3.8) is 0 Å². The van der Waals surface area contributed by atoms with Crippen molar-refractivity contribution < 1.29 is 24.2 Å². The Kier molecular flexibility index (Phi) is 5.32. The number of rotatable bonds is 7. The number of esters is 1. The molecule has 3 N–H and O–H groups in total. The van der Waals surface area contributed by atoms with Gasteiger partial charge in [-0.05, 0) is 6.07 Å². The number of carbonyl (C=O) groups excluding carboxylic acids is 2. The zero-order valence-electron chi connectivity index (χ0n) is 11.4. The molecule has 0 spiro atoms. The Labute approximate surface area is 123 Å². The van der Waals surface area contributed by atoms with Gasteiger partial charge in [0.15, 0.2) is 0 Å². The maximum absolute atomic E-state index is 11.2. The fraction of sp³-hybridized carbons (Fsp3) is 0.273. The molecule has 0 aliphatic rings. The van der Waals surface area contributed by atoms with Crippen molar-refractivity contribution in [3.05, 3.63) is 37.9 Å². The fourth-order valence-electron chi connectivity index (χ4n) is 1.60. The van der Waals surface area contributed by atoms with E-state index in [0.29, 0.717) is 6.07 Å². The molecule has 0 unspecified atom stereocenters. The van der Waals surface area contributed by atoms with E-state index in [9.17, 15) is 29.8 Å². The molecule has 0 saturated carbocycles. The standard InChI is InChI=1S/C11H12N4O7/c1-6(16)22-3-2-13-8-4-7(11(12)17)9(14(18)19)5-10(8)15(20)21/h4-5,13H,2-3H2,1H3,(H2,12,17). The smallest absolute Gasteiger partial charge is 0.302 e. The Morgan fingerprint density at radius 3 is 2.27 bits per heavy atom. The average Bonchev–Trinajstić information content (AvgIpc) is 2.41. The Hall–Kier alpha value is -3.24. The van der Waals surface area contributed by atoms with Crippen LogP contribution in [0.1, 0.15) is 17.3 Å². The first kappa shape index (κ1) is 16.8. The number of ether oxygens (including phenoxy) is 1. The third-order valence-electron chi connectivity index (χ3n) is 2.50. The summed E-state index contributed by atoms with van der Waals surface area (Å²) < 4.78 is 4.63. The topological polar surface area (TPSA) is 168 Å². The molecule has 0 bridgehead atoms. The van der Waals surface area contributed by atoms with Gasteiger partial charge in [-0.3, -0.25) is 29.8 Å². The van der Waals surface area contributed by atoms with Gasteiger partial charge in [0.25, 0.3) is 17.3 Å². The summed E-state index contributed by atoms with van der Waals surface area (Å²) in [5.41, 5.74) is 3.07. The molecule has 1 amide bonds. The van der Waals surface area contributed by atoms with Crippen LogP contribution >= 0.6 is 0 Å². The number of nitro benzene ring substituents is 2. The van der Waals surface area contributed by atoms with Gasteiger partial charge in [-0.2, -0.15) is 0 Å². The number of anilines is 1. The highest BCUT2D eigenvalue weighted by molar-refractivity contribution is 5.99. The van der Waals surface area contributed by atoms with Gasteiger partial charge in [0.2, 0.25) is 0 Å². The molecule has 1 rings (SSSR count). The van der Waals surface area contributed by atoms with E-state index in [1.165, 1.54) is 6.92 Å². The number of primary amides is 1. The van der Waals surface area contributed by atoms with Crippen LogP contribution in [0.15, 0.2) is 12.1 Å². The summed E-state index contributed by atoms with van der Waals surface area (Å²) in [7, 11) is 0. The molecule has 0 atom stereocenters. The van der Waals surface area contributed by atoms with Gasteiger partial charge < -0.3 is 15.8 Å².